The van der Waals surface area contributed by atoms with Gasteiger partial charge in [-0.15, -0.1) is 0 Å². The Kier molecular flexibility index (Phi) is 2.55. The van der Waals surface area contributed by atoms with Crippen molar-refractivity contribution in [3.63, 3.8) is 0 Å². The number of aromatic hydroxyl groups is 1. The lowest BCUT2D eigenvalue weighted by Gasteiger charge is -2.49. The summed E-state index contributed by atoms with van der Waals surface area (Å²) in [6.07, 6.45) is 2.77. The van der Waals surface area contributed by atoms with Gasteiger partial charge >= 0.3 is 0 Å². The summed E-state index contributed by atoms with van der Waals surface area (Å²) in [6.45, 7) is 0. The smallest absolute Gasteiger partial charge is 0.139 e. The number of anilines is 1. The Morgan fingerprint density at radius 3 is 2.83 bits per heavy atom. The Labute approximate surface area is 106 Å². The largest absolute Gasteiger partial charge is 0.506 e. The number of nitrogens with zero attached hydrogens (tertiary/aromatic N) is 1. The highest BCUT2D eigenvalue weighted by molar-refractivity contribution is 5.84. The topological polar surface area (TPSA) is 66.6 Å². The van der Waals surface area contributed by atoms with Crippen LogP contribution < -0.4 is 5.73 Å². The molecule has 1 aromatic carbocycles. The van der Waals surface area contributed by atoms with E-state index in [1.165, 1.54) is 0 Å². The molecule has 3 atom stereocenters. The Morgan fingerprint density at radius 2 is 2.17 bits per heavy atom. The monoisotopic (exact) mass is 246 g/mol. The Hall–Kier alpha value is -1.55. The second kappa shape index (κ2) is 3.99. The quantitative estimate of drug-likeness (QED) is 0.584. The minimum atomic E-state index is 0.0870. The maximum Gasteiger partial charge on any atom is 0.139 e. The number of nitrogen functional groups attached to an aromatic ring is 1. The first-order chi connectivity index (χ1) is 8.58. The number of phenols is 1. The van der Waals surface area contributed by atoms with Crippen molar-refractivity contribution in [3.05, 3.63) is 23.8 Å². The van der Waals surface area contributed by atoms with E-state index in [1.54, 1.807) is 12.1 Å². The molecule has 1 aromatic rings. The molecular formula is C14H18N2O2. The minimum absolute atomic E-state index is 0.0870. The summed E-state index contributed by atoms with van der Waals surface area (Å²) in [4.78, 5) is 14.3. The first-order valence-electron chi connectivity index (χ1n) is 6.41. The molecule has 4 nitrogen and oxygen atoms in total. The number of piperidine rings is 2. The second-order valence-electron chi connectivity index (χ2n) is 5.44. The van der Waals surface area contributed by atoms with Crippen molar-refractivity contribution < 1.29 is 9.90 Å². The highest BCUT2D eigenvalue weighted by atomic mass is 16.3. The fourth-order valence-corrected chi connectivity index (χ4v) is 3.44. The van der Waals surface area contributed by atoms with Gasteiger partial charge in [0.05, 0.1) is 5.69 Å². The van der Waals surface area contributed by atoms with Crippen LogP contribution in [0.1, 0.15) is 30.9 Å². The Balaban J connectivity index is 1.99. The van der Waals surface area contributed by atoms with Crippen LogP contribution in [0, 0.1) is 5.92 Å². The zero-order chi connectivity index (χ0) is 12.9. The normalized spacial score (nSPS) is 31.8. The standard InChI is InChI=1S/C14H18N2O2/c1-16-9-3-4-10(13(18)7-9)14(16)8-2-5-12(17)11(15)6-8/h2,5-6,9-10,14,17H,3-4,7,15H2,1H3. The van der Waals surface area contributed by atoms with Crippen molar-refractivity contribution in [2.45, 2.75) is 31.3 Å². The zero-order valence-electron chi connectivity index (χ0n) is 10.5. The molecule has 4 rings (SSSR count). The van der Waals surface area contributed by atoms with Crippen LogP contribution in [-0.4, -0.2) is 28.9 Å². The van der Waals surface area contributed by atoms with Crippen molar-refractivity contribution >= 4 is 11.5 Å². The third-order valence-electron chi connectivity index (χ3n) is 4.45. The van der Waals surface area contributed by atoms with E-state index in [1.807, 2.05) is 6.07 Å². The third kappa shape index (κ3) is 1.60. The number of rotatable bonds is 1. The van der Waals surface area contributed by atoms with Crippen LogP contribution >= 0.6 is 0 Å². The molecule has 1 aliphatic carbocycles. The molecule has 0 radical (unpaired) electrons. The predicted molar refractivity (Wildman–Crippen MR) is 69.2 cm³/mol. The number of phenolic OH excluding ortho intramolecular Hbond substituents is 1. The summed E-state index contributed by atoms with van der Waals surface area (Å²) in [5.74, 6) is 0.568. The molecule has 3 N–H and O–H groups in total. The average Bonchev–Trinajstić information content (AvgIpc) is 2.35. The van der Waals surface area contributed by atoms with Crippen LogP contribution in [0.15, 0.2) is 18.2 Å². The van der Waals surface area contributed by atoms with Gasteiger partial charge in [0.25, 0.3) is 0 Å². The fourth-order valence-electron chi connectivity index (χ4n) is 3.44. The lowest BCUT2D eigenvalue weighted by atomic mass is 9.72. The van der Waals surface area contributed by atoms with Crippen molar-refractivity contribution in [1.82, 2.24) is 4.90 Å². The SMILES string of the molecule is CN1C2CCC(C(=O)C2)C1c1ccc(O)c(N)c1. The van der Waals surface area contributed by atoms with Gasteiger partial charge in [0.15, 0.2) is 0 Å². The average molecular weight is 246 g/mol. The van der Waals surface area contributed by atoms with E-state index in [2.05, 4.69) is 11.9 Å². The van der Waals surface area contributed by atoms with Crippen molar-refractivity contribution in [1.29, 1.82) is 0 Å². The Morgan fingerprint density at radius 1 is 1.39 bits per heavy atom. The number of Topliss-reactive ketones (excluding diaryl/α,β-unsaturated/α-hetero) is 1. The summed E-state index contributed by atoms with van der Waals surface area (Å²) in [5.41, 5.74) is 7.17. The van der Waals surface area contributed by atoms with Gasteiger partial charge in [-0.25, -0.2) is 0 Å². The molecule has 3 aliphatic rings. The van der Waals surface area contributed by atoms with Gasteiger partial charge in [-0.05, 0) is 37.6 Å². The molecule has 3 fully saturated rings. The summed E-state index contributed by atoms with van der Waals surface area (Å²) in [7, 11) is 2.08. The molecule has 0 amide bonds. The number of hydrogen-bond donors (Lipinski definition) is 2. The molecule has 3 unspecified atom stereocenters. The van der Waals surface area contributed by atoms with Crippen molar-refractivity contribution in [2.24, 2.45) is 5.92 Å². The van der Waals surface area contributed by atoms with Gasteiger partial charge in [-0.1, -0.05) is 6.07 Å². The van der Waals surface area contributed by atoms with E-state index < -0.39 is 0 Å². The van der Waals surface area contributed by atoms with Crippen LogP contribution in [0.5, 0.6) is 5.75 Å². The molecular weight excluding hydrogens is 228 g/mol. The highest BCUT2D eigenvalue weighted by Gasteiger charge is 2.45. The molecule has 2 heterocycles. The van der Waals surface area contributed by atoms with Crippen LogP contribution in [0.2, 0.25) is 0 Å². The number of hydrogen-bond acceptors (Lipinski definition) is 4. The maximum atomic E-state index is 12.0. The molecule has 96 valence electrons. The zero-order valence-corrected chi connectivity index (χ0v) is 10.5. The van der Waals surface area contributed by atoms with Gasteiger partial charge in [-0.3, -0.25) is 9.69 Å². The lowest BCUT2D eigenvalue weighted by Crippen LogP contribution is -2.52. The van der Waals surface area contributed by atoms with Crippen LogP contribution in [0.4, 0.5) is 5.69 Å². The number of carbonyl (C=O) groups excluding carboxylic acids is 1. The number of carbonyl (C=O) groups is 1. The van der Waals surface area contributed by atoms with Crippen molar-refractivity contribution in [2.75, 3.05) is 12.8 Å². The van der Waals surface area contributed by atoms with Crippen LogP contribution in [0.3, 0.4) is 0 Å². The maximum absolute atomic E-state index is 12.0. The van der Waals surface area contributed by atoms with Gasteiger partial charge < -0.3 is 10.8 Å². The number of ketones is 1. The minimum Gasteiger partial charge on any atom is -0.506 e. The van der Waals surface area contributed by atoms with Gasteiger partial charge in [-0.2, -0.15) is 0 Å². The number of fused-ring (bicyclic) bond motifs is 3. The van der Waals surface area contributed by atoms with Crippen LogP contribution in [0.25, 0.3) is 0 Å². The first kappa shape index (κ1) is 11.5. The second-order valence-corrected chi connectivity index (χ2v) is 5.44. The van der Waals surface area contributed by atoms with Crippen molar-refractivity contribution in [3.8, 4) is 5.75 Å². The van der Waals surface area contributed by atoms with E-state index in [-0.39, 0.29) is 17.7 Å². The summed E-state index contributed by atoms with van der Waals surface area (Å²) in [6, 6.07) is 5.77. The molecule has 4 heteroatoms. The highest BCUT2D eigenvalue weighted by Crippen LogP contribution is 2.45. The first-order valence-corrected chi connectivity index (χ1v) is 6.41. The third-order valence-corrected chi connectivity index (χ3v) is 4.45. The molecule has 18 heavy (non-hydrogen) atoms. The van der Waals surface area contributed by atoms with E-state index in [9.17, 15) is 9.90 Å². The molecule has 0 spiro atoms. The summed E-state index contributed by atoms with van der Waals surface area (Å²) >= 11 is 0. The van der Waals surface area contributed by atoms with Crippen LogP contribution in [-0.2, 0) is 4.79 Å². The van der Waals surface area contributed by atoms with Gasteiger partial charge in [0.2, 0.25) is 0 Å². The number of nitrogens with two attached hydrogens (primary N) is 1. The molecule has 2 bridgehead atoms. The fraction of sp³-hybridized carbons (Fsp3) is 0.500. The van der Waals surface area contributed by atoms with E-state index in [0.29, 0.717) is 23.9 Å². The van der Waals surface area contributed by atoms with Gasteiger partial charge in [0, 0.05) is 24.4 Å². The van der Waals surface area contributed by atoms with E-state index in [0.717, 1.165) is 18.4 Å². The molecule has 2 saturated heterocycles. The molecule has 0 aromatic heterocycles. The van der Waals surface area contributed by atoms with Gasteiger partial charge in [0.1, 0.15) is 11.5 Å². The van der Waals surface area contributed by atoms with E-state index in [4.69, 9.17) is 5.73 Å². The summed E-state index contributed by atoms with van der Waals surface area (Å²) in [5, 5.41) is 9.49. The predicted octanol–water partition coefficient (Wildman–Crippen LogP) is 1.70. The Bertz CT molecular complexity index is 501. The number of benzene rings is 1. The van der Waals surface area contributed by atoms with E-state index >= 15 is 0 Å². The molecule has 2 aliphatic heterocycles. The molecule has 1 saturated carbocycles. The summed E-state index contributed by atoms with van der Waals surface area (Å²) < 4.78 is 0. The lowest BCUT2D eigenvalue weighted by molar-refractivity contribution is -0.136.